The van der Waals surface area contributed by atoms with Crippen molar-refractivity contribution in [2.75, 3.05) is 0 Å². The quantitative estimate of drug-likeness (QED) is 0.741. The average molecular weight is 234 g/mol. The maximum absolute atomic E-state index is 5.38. The minimum atomic E-state index is 0.187. The highest BCUT2D eigenvalue weighted by atomic mass is 28.2. The summed E-state index contributed by atoms with van der Waals surface area (Å²) in [6.07, 6.45) is 2.26. The van der Waals surface area contributed by atoms with Crippen LogP contribution in [0.3, 0.4) is 0 Å². The van der Waals surface area contributed by atoms with Gasteiger partial charge in [0.05, 0.1) is 5.60 Å². The molecule has 0 atom stereocenters. The van der Waals surface area contributed by atoms with E-state index in [-0.39, 0.29) is 5.60 Å². The van der Waals surface area contributed by atoms with Crippen molar-refractivity contribution in [1.29, 1.82) is 0 Å². The van der Waals surface area contributed by atoms with Gasteiger partial charge in [0.15, 0.2) is 0 Å². The smallest absolute Gasteiger partial charge is 0.146 e. The van der Waals surface area contributed by atoms with Crippen LogP contribution in [0, 0.1) is 0 Å². The van der Waals surface area contributed by atoms with Crippen molar-refractivity contribution in [2.24, 2.45) is 0 Å². The van der Waals surface area contributed by atoms with Gasteiger partial charge in [0.2, 0.25) is 0 Å². The molecule has 0 heterocycles. The van der Waals surface area contributed by atoms with Gasteiger partial charge in [0.25, 0.3) is 0 Å². The topological polar surface area (TPSA) is 9.23 Å². The summed E-state index contributed by atoms with van der Waals surface area (Å²) in [5, 5.41) is 2.61. The van der Waals surface area contributed by atoms with E-state index >= 15 is 0 Å². The molecule has 0 aliphatic rings. The van der Waals surface area contributed by atoms with Crippen LogP contribution in [-0.2, 0) is 4.43 Å². The second-order valence-corrected chi connectivity index (χ2v) is 4.77. The second kappa shape index (κ2) is 6.02. The normalized spacial score (nSPS) is 11.4. The van der Waals surface area contributed by atoms with Crippen LogP contribution in [-0.4, -0.2) is 16.1 Å². The number of hydrogen-bond acceptors (Lipinski definition) is 1. The first-order chi connectivity index (χ1) is 7.63. The van der Waals surface area contributed by atoms with Gasteiger partial charge in [-0.3, -0.25) is 0 Å². The first-order valence-electron chi connectivity index (χ1n) is 5.97. The van der Waals surface area contributed by atoms with Crippen LogP contribution in [0.25, 0.3) is 10.8 Å². The number of rotatable bonds is 3. The standard InChI is InChI=1S/C8H6.C6H16OSi/c1-2-8-5-3-7(1)4-6-8;1-4-6(3,5-2)7-8/h1-6H;4-5H2,1-3,8H3. The van der Waals surface area contributed by atoms with Crippen molar-refractivity contribution in [1.82, 2.24) is 0 Å². The molecule has 0 saturated carbocycles. The summed E-state index contributed by atoms with van der Waals surface area (Å²) in [6, 6.07) is 12.7. The first kappa shape index (κ1) is 13.2. The highest BCUT2D eigenvalue weighted by Gasteiger charge is 2.15. The Morgan fingerprint density at radius 1 is 0.938 bits per heavy atom. The first-order valence-corrected chi connectivity index (χ1v) is 6.78. The number of fused-ring (bicyclic) bond motifs is 3. The van der Waals surface area contributed by atoms with Crippen molar-refractivity contribution in [3.63, 3.8) is 0 Å². The van der Waals surface area contributed by atoms with Crippen LogP contribution in [0.15, 0.2) is 36.4 Å². The Balaban J connectivity index is 0.000000160. The monoisotopic (exact) mass is 234 g/mol. The molecule has 0 amide bonds. The molecular formula is C14H22OSi. The van der Waals surface area contributed by atoms with E-state index in [2.05, 4.69) is 57.2 Å². The Labute approximate surface area is 102 Å². The zero-order chi connectivity index (χ0) is 12.0. The van der Waals surface area contributed by atoms with Gasteiger partial charge in [0, 0.05) is 0 Å². The molecule has 3 aromatic rings. The zero-order valence-electron chi connectivity index (χ0n) is 10.8. The third kappa shape index (κ3) is 3.61. The van der Waals surface area contributed by atoms with Crippen molar-refractivity contribution in [3.05, 3.63) is 36.4 Å². The molecule has 16 heavy (non-hydrogen) atoms. The van der Waals surface area contributed by atoms with Crippen LogP contribution in [0.5, 0.6) is 0 Å². The molecule has 3 aromatic carbocycles. The summed E-state index contributed by atoms with van der Waals surface area (Å²) < 4.78 is 5.38. The Morgan fingerprint density at radius 2 is 1.25 bits per heavy atom. The van der Waals surface area contributed by atoms with E-state index in [4.69, 9.17) is 4.43 Å². The number of hydrogen-bond donors (Lipinski definition) is 0. The molecule has 88 valence electrons. The summed E-state index contributed by atoms with van der Waals surface area (Å²) >= 11 is 0. The highest BCUT2D eigenvalue weighted by molar-refractivity contribution is 5.98. The van der Waals surface area contributed by atoms with Gasteiger partial charge in [0.1, 0.15) is 10.5 Å². The molecule has 2 bridgehead atoms. The molecule has 3 rings (SSSR count). The fourth-order valence-electron chi connectivity index (χ4n) is 1.45. The Hall–Kier alpha value is -0.863. The highest BCUT2D eigenvalue weighted by Crippen LogP contribution is 2.16. The molecule has 0 fully saturated rings. The molecule has 1 nitrogen and oxygen atoms in total. The lowest BCUT2D eigenvalue weighted by atomic mass is 10.0. The van der Waals surface area contributed by atoms with E-state index in [9.17, 15) is 0 Å². The largest absolute Gasteiger partial charge is 0.423 e. The molecule has 2 heteroatoms. The zero-order valence-corrected chi connectivity index (χ0v) is 12.8. The lowest BCUT2D eigenvalue weighted by molar-refractivity contribution is 0.0924. The molecular weight excluding hydrogens is 212 g/mol. The van der Waals surface area contributed by atoms with Crippen molar-refractivity contribution in [2.45, 2.75) is 39.2 Å². The lowest BCUT2D eigenvalue weighted by Gasteiger charge is -2.25. The minimum Gasteiger partial charge on any atom is -0.423 e. The summed E-state index contributed by atoms with van der Waals surface area (Å²) in [5.41, 5.74) is 0.187. The summed E-state index contributed by atoms with van der Waals surface area (Å²) in [7, 11) is 0.866. The van der Waals surface area contributed by atoms with Crippen LogP contribution in [0.2, 0.25) is 0 Å². The summed E-state index contributed by atoms with van der Waals surface area (Å²) in [6.45, 7) is 6.50. The molecule has 0 radical (unpaired) electrons. The SMILES string of the molecule is CCC(C)(CC)O[SiH3].c1cc2ccc1cc2. The molecule has 0 aliphatic carbocycles. The molecule has 0 saturated heterocycles. The third-order valence-electron chi connectivity index (χ3n) is 3.39. The maximum Gasteiger partial charge on any atom is 0.146 e. The Kier molecular flexibility index (Phi) is 4.96. The van der Waals surface area contributed by atoms with E-state index in [1.165, 1.54) is 10.8 Å². The third-order valence-corrected chi connectivity index (χ3v) is 4.38. The second-order valence-electron chi connectivity index (χ2n) is 4.36. The van der Waals surface area contributed by atoms with Gasteiger partial charge < -0.3 is 4.43 Å². The van der Waals surface area contributed by atoms with Crippen LogP contribution < -0.4 is 0 Å². The number of benzene rings is 3. The minimum absolute atomic E-state index is 0.187. The summed E-state index contributed by atoms with van der Waals surface area (Å²) in [5.74, 6) is 0. The van der Waals surface area contributed by atoms with Gasteiger partial charge in [-0.2, -0.15) is 0 Å². The Bertz CT molecular complexity index is 310. The van der Waals surface area contributed by atoms with E-state index < -0.39 is 0 Å². The van der Waals surface area contributed by atoms with Gasteiger partial charge in [-0.25, -0.2) is 0 Å². The summed E-state index contributed by atoms with van der Waals surface area (Å²) in [4.78, 5) is 0. The van der Waals surface area contributed by atoms with Gasteiger partial charge in [-0.1, -0.05) is 50.2 Å². The van der Waals surface area contributed by atoms with Crippen molar-refractivity contribution >= 4 is 21.3 Å². The predicted octanol–water partition coefficient (Wildman–Crippen LogP) is 3.14. The van der Waals surface area contributed by atoms with Crippen LogP contribution >= 0.6 is 0 Å². The molecule has 0 unspecified atom stereocenters. The Morgan fingerprint density at radius 3 is 1.31 bits per heavy atom. The van der Waals surface area contributed by atoms with Crippen molar-refractivity contribution in [3.8, 4) is 0 Å². The van der Waals surface area contributed by atoms with E-state index in [0.29, 0.717) is 0 Å². The fourth-order valence-corrected chi connectivity index (χ4v) is 2.03. The molecule has 0 aliphatic heterocycles. The van der Waals surface area contributed by atoms with Gasteiger partial charge in [-0.15, -0.1) is 0 Å². The molecule has 0 spiro atoms. The average Bonchev–Trinajstić information content (AvgIpc) is 2.41. The van der Waals surface area contributed by atoms with Gasteiger partial charge >= 0.3 is 0 Å². The van der Waals surface area contributed by atoms with Crippen LogP contribution in [0.4, 0.5) is 0 Å². The fraction of sp³-hybridized carbons (Fsp3) is 0.429. The van der Waals surface area contributed by atoms with Crippen LogP contribution in [0.1, 0.15) is 33.6 Å². The predicted molar refractivity (Wildman–Crippen MR) is 75.1 cm³/mol. The molecule has 0 aromatic heterocycles. The maximum atomic E-state index is 5.38. The molecule has 0 N–H and O–H groups in total. The van der Waals surface area contributed by atoms with E-state index in [1.807, 2.05) is 0 Å². The van der Waals surface area contributed by atoms with E-state index in [0.717, 1.165) is 23.3 Å². The lowest BCUT2D eigenvalue weighted by Crippen LogP contribution is -2.25. The van der Waals surface area contributed by atoms with Gasteiger partial charge in [-0.05, 0) is 30.5 Å². The van der Waals surface area contributed by atoms with E-state index in [1.54, 1.807) is 0 Å². The van der Waals surface area contributed by atoms with Crippen molar-refractivity contribution < 1.29 is 4.43 Å².